The van der Waals surface area contributed by atoms with E-state index in [0.717, 1.165) is 6.07 Å². The molecular formula is C19H20F3NO3S. The molecule has 0 aliphatic carbocycles. The quantitative estimate of drug-likeness (QED) is 0.665. The molecule has 0 bridgehead atoms. The van der Waals surface area contributed by atoms with E-state index in [1.165, 1.54) is 13.2 Å². The van der Waals surface area contributed by atoms with E-state index in [-0.39, 0.29) is 17.5 Å². The molecule has 4 nitrogen and oxygen atoms in total. The molecule has 2 aromatic rings. The van der Waals surface area contributed by atoms with Crippen LogP contribution in [0.15, 0.2) is 36.4 Å². The summed E-state index contributed by atoms with van der Waals surface area (Å²) in [6.07, 6.45) is -4.51. The number of ether oxygens (including phenoxy) is 3. The fraction of sp³-hybridized carbons (Fsp3) is 0.316. The molecule has 0 aliphatic rings. The van der Waals surface area contributed by atoms with Crippen molar-refractivity contribution in [3.63, 3.8) is 0 Å². The van der Waals surface area contributed by atoms with Crippen molar-refractivity contribution in [1.29, 1.82) is 0 Å². The van der Waals surface area contributed by atoms with Crippen LogP contribution < -0.4 is 14.8 Å². The van der Waals surface area contributed by atoms with Gasteiger partial charge in [0.2, 0.25) is 0 Å². The van der Waals surface area contributed by atoms with Crippen molar-refractivity contribution in [1.82, 2.24) is 0 Å². The molecule has 0 saturated carbocycles. The lowest BCUT2D eigenvalue weighted by Crippen LogP contribution is -2.14. The van der Waals surface area contributed by atoms with E-state index in [9.17, 15) is 13.2 Å². The molecule has 2 aromatic carbocycles. The molecule has 0 radical (unpaired) electrons. The van der Waals surface area contributed by atoms with Gasteiger partial charge in [0.15, 0.2) is 0 Å². The van der Waals surface area contributed by atoms with Crippen LogP contribution in [0.4, 0.5) is 18.9 Å². The maximum Gasteiger partial charge on any atom is 0.419 e. The molecule has 0 amide bonds. The molecule has 0 heterocycles. The van der Waals surface area contributed by atoms with Gasteiger partial charge in [0.1, 0.15) is 18.1 Å². The average molecular weight is 399 g/mol. The summed E-state index contributed by atoms with van der Waals surface area (Å²) in [6, 6.07) is 9.10. The maximum absolute atomic E-state index is 13.3. The molecule has 0 unspecified atom stereocenters. The van der Waals surface area contributed by atoms with E-state index in [1.807, 2.05) is 6.92 Å². The summed E-state index contributed by atoms with van der Waals surface area (Å²) in [5.41, 5.74) is 0.747. The molecule has 146 valence electrons. The number of hydrogen-bond acceptors (Lipinski definition) is 4. The number of benzene rings is 2. The summed E-state index contributed by atoms with van der Waals surface area (Å²) in [5.74, 6) is 0.238. The molecular weight excluding hydrogens is 379 g/mol. The zero-order valence-electron chi connectivity index (χ0n) is 15.1. The van der Waals surface area contributed by atoms with Gasteiger partial charge in [0, 0.05) is 0 Å². The molecule has 0 spiro atoms. The van der Waals surface area contributed by atoms with Gasteiger partial charge in [-0.1, -0.05) is 17.7 Å². The molecule has 2 rings (SSSR count). The first-order valence-corrected chi connectivity index (χ1v) is 8.57. The average Bonchev–Trinajstić information content (AvgIpc) is 2.61. The fourth-order valence-corrected chi connectivity index (χ4v) is 2.53. The lowest BCUT2D eigenvalue weighted by atomic mass is 10.1. The van der Waals surface area contributed by atoms with Crippen LogP contribution in [-0.2, 0) is 17.5 Å². The Hall–Kier alpha value is -2.48. The van der Waals surface area contributed by atoms with Gasteiger partial charge >= 0.3 is 6.18 Å². The summed E-state index contributed by atoms with van der Waals surface area (Å²) >= 11 is 5.00. The minimum absolute atomic E-state index is 0.121. The minimum Gasteiger partial charge on any atom is -0.493 e. The maximum atomic E-state index is 13.3. The van der Waals surface area contributed by atoms with Gasteiger partial charge in [-0.15, -0.1) is 0 Å². The van der Waals surface area contributed by atoms with E-state index in [0.29, 0.717) is 29.2 Å². The first-order chi connectivity index (χ1) is 12.8. The Bertz CT molecular complexity index is 809. The third-order valence-electron chi connectivity index (χ3n) is 3.67. The highest BCUT2D eigenvalue weighted by Gasteiger charge is 2.34. The number of alkyl halides is 3. The number of methoxy groups -OCH3 is 1. The highest BCUT2D eigenvalue weighted by atomic mass is 32.1. The minimum atomic E-state index is -4.51. The fourth-order valence-electron chi connectivity index (χ4n) is 2.42. The van der Waals surface area contributed by atoms with Crippen LogP contribution >= 0.6 is 12.2 Å². The van der Waals surface area contributed by atoms with Crippen molar-refractivity contribution in [3.8, 4) is 11.5 Å². The summed E-state index contributed by atoms with van der Waals surface area (Å²) in [5, 5.41) is 3.00. The van der Waals surface area contributed by atoms with Crippen LogP contribution in [0.1, 0.15) is 23.6 Å². The third kappa shape index (κ3) is 5.50. The second kappa shape index (κ2) is 8.94. The lowest BCUT2D eigenvalue weighted by molar-refractivity contribution is -0.139. The number of rotatable bonds is 6. The summed E-state index contributed by atoms with van der Waals surface area (Å²) in [4.78, 5) is 0. The Morgan fingerprint density at radius 3 is 2.48 bits per heavy atom. The Labute approximate surface area is 161 Å². The first kappa shape index (κ1) is 20.8. The van der Waals surface area contributed by atoms with Crippen LogP contribution in [0.5, 0.6) is 11.5 Å². The number of nitrogens with one attached hydrogen (secondary N) is 1. The van der Waals surface area contributed by atoms with Gasteiger partial charge in [0.05, 0.1) is 30.5 Å². The highest BCUT2D eigenvalue weighted by molar-refractivity contribution is 7.80. The van der Waals surface area contributed by atoms with Crippen LogP contribution in [0.25, 0.3) is 0 Å². The van der Waals surface area contributed by atoms with Gasteiger partial charge in [-0.3, -0.25) is 0 Å². The SMILES string of the molecule is CCOc1cccc(NC(=S)OC)c1COc1ccc(C)cc1C(F)(F)F. The number of aryl methyl sites for hydroxylation is 1. The van der Waals surface area contributed by atoms with Gasteiger partial charge in [-0.05, 0) is 50.3 Å². The predicted octanol–water partition coefficient (Wildman–Crippen LogP) is 5.33. The van der Waals surface area contributed by atoms with E-state index < -0.39 is 11.7 Å². The van der Waals surface area contributed by atoms with Gasteiger partial charge in [-0.25, -0.2) is 0 Å². The Kier molecular flexibility index (Phi) is 6.90. The number of hydrogen-bond donors (Lipinski definition) is 1. The molecule has 0 fully saturated rings. The number of halogens is 3. The third-order valence-corrected chi connectivity index (χ3v) is 3.94. The highest BCUT2D eigenvalue weighted by Crippen LogP contribution is 2.38. The van der Waals surface area contributed by atoms with Gasteiger partial charge in [0.25, 0.3) is 5.17 Å². The Morgan fingerprint density at radius 1 is 1.11 bits per heavy atom. The van der Waals surface area contributed by atoms with Crippen molar-refractivity contribution in [3.05, 3.63) is 53.1 Å². The van der Waals surface area contributed by atoms with Crippen LogP contribution in [-0.4, -0.2) is 18.9 Å². The molecule has 0 aromatic heterocycles. The van der Waals surface area contributed by atoms with Gasteiger partial charge in [-0.2, -0.15) is 13.2 Å². The molecule has 27 heavy (non-hydrogen) atoms. The van der Waals surface area contributed by atoms with Crippen LogP contribution in [0.3, 0.4) is 0 Å². The first-order valence-electron chi connectivity index (χ1n) is 8.16. The van der Waals surface area contributed by atoms with E-state index in [1.54, 1.807) is 31.2 Å². The zero-order valence-corrected chi connectivity index (χ0v) is 16.0. The molecule has 8 heteroatoms. The summed E-state index contributed by atoms with van der Waals surface area (Å²) in [6.45, 7) is 3.66. The second-order valence-electron chi connectivity index (χ2n) is 5.62. The molecule has 1 N–H and O–H groups in total. The molecule has 0 atom stereocenters. The summed E-state index contributed by atoms with van der Waals surface area (Å²) in [7, 11) is 1.42. The summed E-state index contributed by atoms with van der Waals surface area (Å²) < 4.78 is 55.9. The second-order valence-corrected chi connectivity index (χ2v) is 5.99. The lowest BCUT2D eigenvalue weighted by Gasteiger charge is -2.19. The smallest absolute Gasteiger partial charge is 0.419 e. The zero-order chi connectivity index (χ0) is 20.0. The van der Waals surface area contributed by atoms with Crippen molar-refractivity contribution in [2.24, 2.45) is 0 Å². The number of anilines is 1. The predicted molar refractivity (Wildman–Crippen MR) is 101 cm³/mol. The van der Waals surface area contributed by atoms with Crippen LogP contribution in [0, 0.1) is 6.92 Å². The normalized spacial score (nSPS) is 11.0. The van der Waals surface area contributed by atoms with Crippen LogP contribution in [0.2, 0.25) is 0 Å². The Morgan fingerprint density at radius 2 is 1.85 bits per heavy atom. The van der Waals surface area contributed by atoms with Crippen molar-refractivity contribution in [2.45, 2.75) is 26.6 Å². The largest absolute Gasteiger partial charge is 0.493 e. The van der Waals surface area contributed by atoms with Crippen molar-refractivity contribution in [2.75, 3.05) is 19.0 Å². The monoisotopic (exact) mass is 399 g/mol. The van der Waals surface area contributed by atoms with Crippen molar-refractivity contribution >= 4 is 23.1 Å². The standard InChI is InChI=1S/C19H20F3NO3S/c1-4-25-16-7-5-6-15(23-18(27)24-3)13(16)11-26-17-9-8-12(2)10-14(17)19(20,21)22/h5-10H,4,11H2,1-3H3,(H,23,27). The van der Waals surface area contributed by atoms with E-state index >= 15 is 0 Å². The van der Waals surface area contributed by atoms with Crippen molar-refractivity contribution < 1.29 is 27.4 Å². The Balaban J connectivity index is 2.36. The topological polar surface area (TPSA) is 39.7 Å². The van der Waals surface area contributed by atoms with Gasteiger partial charge < -0.3 is 19.5 Å². The van der Waals surface area contributed by atoms with E-state index in [2.05, 4.69) is 5.32 Å². The van der Waals surface area contributed by atoms with E-state index in [4.69, 9.17) is 26.4 Å². The molecule has 0 saturated heterocycles. The molecule has 0 aliphatic heterocycles. The number of thiocarbonyl (C=S) groups is 1.